The van der Waals surface area contributed by atoms with E-state index in [4.69, 9.17) is 4.74 Å². The second kappa shape index (κ2) is 14.1. The molecule has 3 rings (SSSR count). The van der Waals surface area contributed by atoms with E-state index in [1.54, 1.807) is 0 Å². The fraction of sp³-hybridized carbons (Fsp3) is 0.968. The van der Waals surface area contributed by atoms with Crippen LogP contribution in [0, 0.1) is 22.7 Å². The van der Waals surface area contributed by atoms with Gasteiger partial charge in [0.2, 0.25) is 0 Å². The predicted molar refractivity (Wildman–Crippen MR) is 140 cm³/mol. The standard InChI is InChI=1S/C31H56O2/c1-3-5-7-8-13-21-30(24-19-28(20-25-30)27-17-11-9-12-18-27)31(22-14-10-15-23-31)29(32)33-26-16-6-4-2/h27-28H,3-26H2,1-2H3. The van der Waals surface area contributed by atoms with Gasteiger partial charge in [0.25, 0.3) is 0 Å². The molecule has 0 spiro atoms. The molecule has 0 aromatic rings. The SMILES string of the molecule is CCCCCCCC1(C2(C(=O)OCCCCC)CCCCC2)CCC(C2CCCCC2)CC1. The van der Waals surface area contributed by atoms with Crippen LogP contribution in [-0.2, 0) is 9.53 Å². The Morgan fingerprint density at radius 3 is 1.91 bits per heavy atom. The van der Waals surface area contributed by atoms with Crippen molar-refractivity contribution in [1.82, 2.24) is 0 Å². The highest BCUT2D eigenvalue weighted by Crippen LogP contribution is 2.61. The highest BCUT2D eigenvalue weighted by Gasteiger charge is 2.57. The lowest BCUT2D eigenvalue weighted by atomic mass is 9.49. The number of hydrogen-bond donors (Lipinski definition) is 0. The zero-order chi connectivity index (χ0) is 23.4. The van der Waals surface area contributed by atoms with Crippen molar-refractivity contribution in [2.75, 3.05) is 6.61 Å². The molecule has 192 valence electrons. The summed E-state index contributed by atoms with van der Waals surface area (Å²) in [6.07, 6.45) is 30.0. The van der Waals surface area contributed by atoms with Crippen LogP contribution < -0.4 is 0 Å². The van der Waals surface area contributed by atoms with Crippen LogP contribution >= 0.6 is 0 Å². The largest absolute Gasteiger partial charge is 0.465 e. The van der Waals surface area contributed by atoms with Gasteiger partial charge in [-0.3, -0.25) is 4.79 Å². The Morgan fingerprint density at radius 2 is 1.24 bits per heavy atom. The van der Waals surface area contributed by atoms with Crippen molar-refractivity contribution < 1.29 is 9.53 Å². The summed E-state index contributed by atoms with van der Waals surface area (Å²) in [7, 11) is 0. The number of unbranched alkanes of at least 4 members (excludes halogenated alkanes) is 6. The van der Waals surface area contributed by atoms with E-state index in [1.807, 2.05) is 0 Å². The second-order valence-corrected chi connectivity index (χ2v) is 12.2. The minimum absolute atomic E-state index is 0.181. The molecule has 2 nitrogen and oxygen atoms in total. The molecule has 0 heterocycles. The third-order valence-electron chi connectivity index (χ3n) is 10.2. The average Bonchev–Trinajstić information content (AvgIpc) is 2.87. The Bertz CT molecular complexity index is 533. The lowest BCUT2D eigenvalue weighted by Gasteiger charge is -2.55. The topological polar surface area (TPSA) is 26.3 Å². The molecule has 0 unspecified atom stereocenters. The Labute approximate surface area is 206 Å². The van der Waals surface area contributed by atoms with Crippen LogP contribution in [0.25, 0.3) is 0 Å². The molecule has 3 fully saturated rings. The molecule has 0 radical (unpaired) electrons. The molecule has 0 aromatic carbocycles. The zero-order valence-electron chi connectivity index (χ0n) is 22.4. The molecule has 0 aromatic heterocycles. The van der Waals surface area contributed by atoms with Gasteiger partial charge in [0.15, 0.2) is 0 Å². The number of ether oxygens (including phenoxy) is 1. The Balaban J connectivity index is 1.73. The Morgan fingerprint density at radius 1 is 0.667 bits per heavy atom. The highest BCUT2D eigenvalue weighted by molar-refractivity contribution is 5.78. The van der Waals surface area contributed by atoms with Crippen LogP contribution in [0.5, 0.6) is 0 Å². The lowest BCUT2D eigenvalue weighted by Crippen LogP contribution is -2.52. The van der Waals surface area contributed by atoms with Gasteiger partial charge in [0.1, 0.15) is 0 Å². The molecular formula is C31H56O2. The van der Waals surface area contributed by atoms with Gasteiger partial charge in [-0.05, 0) is 68.6 Å². The number of esters is 1. The van der Waals surface area contributed by atoms with E-state index in [1.165, 1.54) is 128 Å². The fourth-order valence-electron chi connectivity index (χ4n) is 8.07. The zero-order valence-corrected chi connectivity index (χ0v) is 22.4. The van der Waals surface area contributed by atoms with E-state index < -0.39 is 0 Å². The molecule has 3 aliphatic rings. The summed E-state index contributed by atoms with van der Waals surface area (Å²) in [5.74, 6) is 2.12. The third kappa shape index (κ3) is 7.00. The number of rotatable bonds is 13. The quantitative estimate of drug-likeness (QED) is 0.202. The first-order chi connectivity index (χ1) is 16.2. The summed E-state index contributed by atoms with van der Waals surface area (Å²) < 4.78 is 6.11. The van der Waals surface area contributed by atoms with Gasteiger partial charge in [0, 0.05) is 0 Å². The smallest absolute Gasteiger partial charge is 0.312 e. The monoisotopic (exact) mass is 460 g/mol. The van der Waals surface area contributed by atoms with Crippen LogP contribution in [-0.4, -0.2) is 12.6 Å². The Kier molecular flexibility index (Phi) is 11.6. The van der Waals surface area contributed by atoms with Crippen molar-refractivity contribution in [2.45, 2.75) is 162 Å². The van der Waals surface area contributed by atoms with E-state index in [0.29, 0.717) is 6.61 Å². The molecule has 33 heavy (non-hydrogen) atoms. The summed E-state index contributed by atoms with van der Waals surface area (Å²) in [6.45, 7) is 5.17. The van der Waals surface area contributed by atoms with Gasteiger partial charge in [-0.1, -0.05) is 110 Å². The van der Waals surface area contributed by atoms with Crippen molar-refractivity contribution in [3.8, 4) is 0 Å². The fourth-order valence-corrected chi connectivity index (χ4v) is 8.07. The van der Waals surface area contributed by atoms with Crippen molar-refractivity contribution >= 4 is 5.97 Å². The van der Waals surface area contributed by atoms with Crippen LogP contribution in [0.3, 0.4) is 0 Å². The highest BCUT2D eigenvalue weighted by atomic mass is 16.5. The average molecular weight is 461 g/mol. The van der Waals surface area contributed by atoms with Crippen molar-refractivity contribution in [1.29, 1.82) is 0 Å². The molecule has 0 amide bonds. The number of carbonyl (C=O) groups is 1. The van der Waals surface area contributed by atoms with Gasteiger partial charge >= 0.3 is 5.97 Å². The Hall–Kier alpha value is -0.530. The summed E-state index contributed by atoms with van der Waals surface area (Å²) in [5, 5.41) is 0. The molecule has 3 saturated carbocycles. The van der Waals surface area contributed by atoms with Crippen LogP contribution in [0.2, 0.25) is 0 Å². The summed E-state index contributed by atoms with van der Waals surface area (Å²) in [5.41, 5.74) is 0.0341. The minimum atomic E-state index is -0.181. The summed E-state index contributed by atoms with van der Waals surface area (Å²) in [4.78, 5) is 13.9. The second-order valence-electron chi connectivity index (χ2n) is 12.2. The normalized spacial score (nSPS) is 28.5. The predicted octanol–water partition coefficient (Wildman–Crippen LogP) is 9.79. The molecule has 0 aliphatic heterocycles. The number of hydrogen-bond acceptors (Lipinski definition) is 2. The molecule has 0 saturated heterocycles. The van der Waals surface area contributed by atoms with E-state index in [9.17, 15) is 4.79 Å². The molecule has 0 atom stereocenters. The lowest BCUT2D eigenvalue weighted by molar-refractivity contribution is -0.175. The van der Waals surface area contributed by atoms with Gasteiger partial charge in [-0.2, -0.15) is 0 Å². The van der Waals surface area contributed by atoms with E-state index in [-0.39, 0.29) is 16.8 Å². The number of carbonyl (C=O) groups excluding carboxylic acids is 1. The van der Waals surface area contributed by atoms with E-state index in [0.717, 1.165) is 31.1 Å². The van der Waals surface area contributed by atoms with Gasteiger partial charge in [-0.25, -0.2) is 0 Å². The van der Waals surface area contributed by atoms with Crippen LogP contribution in [0.15, 0.2) is 0 Å². The van der Waals surface area contributed by atoms with E-state index >= 15 is 0 Å². The van der Waals surface area contributed by atoms with Crippen molar-refractivity contribution in [2.24, 2.45) is 22.7 Å². The van der Waals surface area contributed by atoms with Gasteiger partial charge < -0.3 is 4.74 Å². The first-order valence-corrected chi connectivity index (χ1v) is 15.3. The molecule has 0 N–H and O–H groups in total. The molecular weight excluding hydrogens is 404 g/mol. The van der Waals surface area contributed by atoms with Crippen LogP contribution in [0.1, 0.15) is 162 Å². The third-order valence-corrected chi connectivity index (χ3v) is 10.2. The minimum Gasteiger partial charge on any atom is -0.465 e. The summed E-state index contributed by atoms with van der Waals surface area (Å²) >= 11 is 0. The van der Waals surface area contributed by atoms with Crippen molar-refractivity contribution in [3.63, 3.8) is 0 Å². The van der Waals surface area contributed by atoms with Gasteiger partial charge in [0.05, 0.1) is 12.0 Å². The molecule has 0 bridgehead atoms. The van der Waals surface area contributed by atoms with E-state index in [2.05, 4.69) is 13.8 Å². The summed E-state index contributed by atoms with van der Waals surface area (Å²) in [6, 6.07) is 0. The molecule has 2 heteroatoms. The maximum Gasteiger partial charge on any atom is 0.312 e. The maximum atomic E-state index is 13.9. The van der Waals surface area contributed by atoms with Crippen molar-refractivity contribution in [3.05, 3.63) is 0 Å². The maximum absolute atomic E-state index is 13.9. The first-order valence-electron chi connectivity index (χ1n) is 15.3. The first kappa shape index (κ1) is 27.1. The van der Waals surface area contributed by atoms with Crippen LogP contribution in [0.4, 0.5) is 0 Å². The van der Waals surface area contributed by atoms with Gasteiger partial charge in [-0.15, -0.1) is 0 Å². The molecule has 3 aliphatic carbocycles.